The van der Waals surface area contributed by atoms with Crippen molar-refractivity contribution in [3.63, 3.8) is 0 Å². The van der Waals surface area contributed by atoms with Crippen molar-refractivity contribution in [2.75, 3.05) is 6.54 Å². The third-order valence-electron chi connectivity index (χ3n) is 3.42. The molecule has 0 atom stereocenters. The second kappa shape index (κ2) is 8.32. The minimum Gasteiger partial charge on any atom is -0.352 e. The van der Waals surface area contributed by atoms with Gasteiger partial charge in [-0.2, -0.15) is 13.2 Å². The van der Waals surface area contributed by atoms with E-state index in [1.54, 1.807) is 0 Å². The van der Waals surface area contributed by atoms with E-state index < -0.39 is 17.6 Å². The maximum Gasteiger partial charge on any atom is 0.416 e. The molecule has 0 heterocycles. The first-order valence-corrected chi connectivity index (χ1v) is 7.62. The topological polar surface area (TPSA) is 58.2 Å². The fraction of sp³-hybridized carbons (Fsp3) is 0.222. The van der Waals surface area contributed by atoms with Crippen LogP contribution in [0.5, 0.6) is 0 Å². The van der Waals surface area contributed by atoms with Crippen molar-refractivity contribution in [3.8, 4) is 0 Å². The number of hydrogen-bond acceptors (Lipinski definition) is 2. The highest BCUT2D eigenvalue weighted by Gasteiger charge is 2.30. The number of nitrogens with one attached hydrogen (secondary N) is 2. The maximum absolute atomic E-state index is 12.6. The summed E-state index contributed by atoms with van der Waals surface area (Å²) < 4.78 is 37.9. The SMILES string of the molecule is O=C(CCNC(=O)c1cccc(C(F)(F)F)c1)NCc1ccccc1. The van der Waals surface area contributed by atoms with E-state index in [-0.39, 0.29) is 24.4 Å². The van der Waals surface area contributed by atoms with Crippen molar-refractivity contribution < 1.29 is 22.8 Å². The Balaban J connectivity index is 1.77. The average Bonchev–Trinajstić information content (AvgIpc) is 2.60. The normalized spacial score (nSPS) is 11.0. The minimum atomic E-state index is -4.51. The molecule has 0 aromatic heterocycles. The molecule has 0 aliphatic rings. The zero-order chi connectivity index (χ0) is 18.3. The summed E-state index contributed by atoms with van der Waals surface area (Å²) in [4.78, 5) is 23.6. The van der Waals surface area contributed by atoms with Crippen molar-refractivity contribution in [3.05, 3.63) is 71.3 Å². The molecule has 2 aromatic rings. The van der Waals surface area contributed by atoms with Crippen LogP contribution in [-0.4, -0.2) is 18.4 Å². The summed E-state index contributed by atoms with van der Waals surface area (Å²) in [5.74, 6) is -0.907. The number of halogens is 3. The van der Waals surface area contributed by atoms with Gasteiger partial charge in [0.05, 0.1) is 5.56 Å². The zero-order valence-corrected chi connectivity index (χ0v) is 13.3. The van der Waals surface area contributed by atoms with Gasteiger partial charge >= 0.3 is 6.18 Å². The molecule has 2 amide bonds. The Labute approximate surface area is 143 Å². The van der Waals surface area contributed by atoms with Crippen LogP contribution in [0.1, 0.15) is 27.9 Å². The van der Waals surface area contributed by atoms with E-state index in [0.717, 1.165) is 17.7 Å². The largest absolute Gasteiger partial charge is 0.416 e. The summed E-state index contributed by atoms with van der Waals surface area (Å²) >= 11 is 0. The number of amides is 2. The van der Waals surface area contributed by atoms with Gasteiger partial charge in [0.2, 0.25) is 5.91 Å². The summed E-state index contributed by atoms with van der Waals surface area (Å²) in [5, 5.41) is 5.14. The Morgan fingerprint density at radius 3 is 2.32 bits per heavy atom. The predicted molar refractivity (Wildman–Crippen MR) is 86.7 cm³/mol. The van der Waals surface area contributed by atoms with E-state index in [4.69, 9.17) is 0 Å². The van der Waals surface area contributed by atoms with Crippen molar-refractivity contribution >= 4 is 11.8 Å². The van der Waals surface area contributed by atoms with Gasteiger partial charge in [0.15, 0.2) is 0 Å². The minimum absolute atomic E-state index is 0.0374. The van der Waals surface area contributed by atoms with Gasteiger partial charge in [0, 0.05) is 25.1 Å². The van der Waals surface area contributed by atoms with Gasteiger partial charge in [0.25, 0.3) is 5.91 Å². The summed E-state index contributed by atoms with van der Waals surface area (Å²) in [6.45, 7) is 0.414. The van der Waals surface area contributed by atoms with Gasteiger partial charge in [0.1, 0.15) is 0 Å². The fourth-order valence-corrected chi connectivity index (χ4v) is 2.11. The molecule has 2 N–H and O–H groups in total. The fourth-order valence-electron chi connectivity index (χ4n) is 2.11. The number of carbonyl (C=O) groups excluding carboxylic acids is 2. The molecule has 0 unspecified atom stereocenters. The summed E-state index contributed by atoms with van der Waals surface area (Å²) in [5.41, 5.74) is -0.0378. The van der Waals surface area contributed by atoms with Gasteiger partial charge in [-0.05, 0) is 23.8 Å². The Hall–Kier alpha value is -2.83. The highest BCUT2D eigenvalue weighted by Crippen LogP contribution is 2.29. The first kappa shape index (κ1) is 18.5. The molecule has 0 saturated carbocycles. The van der Waals surface area contributed by atoms with Gasteiger partial charge in [-0.25, -0.2) is 0 Å². The van der Waals surface area contributed by atoms with Gasteiger partial charge < -0.3 is 10.6 Å². The van der Waals surface area contributed by atoms with Crippen LogP contribution in [0.4, 0.5) is 13.2 Å². The molecule has 0 spiro atoms. The lowest BCUT2D eigenvalue weighted by Gasteiger charge is -2.09. The van der Waals surface area contributed by atoms with E-state index in [2.05, 4.69) is 10.6 Å². The molecule has 0 fully saturated rings. The number of rotatable bonds is 6. The lowest BCUT2D eigenvalue weighted by Crippen LogP contribution is -2.30. The number of alkyl halides is 3. The quantitative estimate of drug-likeness (QED) is 0.841. The molecule has 132 valence electrons. The molecular weight excluding hydrogens is 333 g/mol. The molecular formula is C18H17F3N2O2. The first-order chi connectivity index (χ1) is 11.9. The van der Waals surface area contributed by atoms with E-state index in [1.165, 1.54) is 12.1 Å². The van der Waals surface area contributed by atoms with Crippen molar-refractivity contribution in [1.82, 2.24) is 10.6 Å². The van der Waals surface area contributed by atoms with Crippen LogP contribution >= 0.6 is 0 Å². The second-order valence-electron chi connectivity index (χ2n) is 5.35. The highest BCUT2D eigenvalue weighted by molar-refractivity contribution is 5.94. The molecule has 0 radical (unpaired) electrons. The predicted octanol–water partition coefficient (Wildman–Crippen LogP) is 3.14. The molecule has 2 aromatic carbocycles. The number of benzene rings is 2. The molecule has 4 nitrogen and oxygen atoms in total. The zero-order valence-electron chi connectivity index (χ0n) is 13.3. The standard InChI is InChI=1S/C18H17F3N2O2/c19-18(20,21)15-8-4-7-14(11-15)17(25)22-10-9-16(24)23-12-13-5-2-1-3-6-13/h1-8,11H,9-10,12H2,(H,22,25)(H,23,24). The van der Waals surface area contributed by atoms with E-state index in [9.17, 15) is 22.8 Å². The van der Waals surface area contributed by atoms with Crippen LogP contribution in [0.2, 0.25) is 0 Å². The van der Waals surface area contributed by atoms with Crippen LogP contribution in [-0.2, 0) is 17.5 Å². The van der Waals surface area contributed by atoms with Crippen molar-refractivity contribution in [2.45, 2.75) is 19.1 Å². The van der Waals surface area contributed by atoms with Crippen LogP contribution in [0.25, 0.3) is 0 Å². The Bertz CT molecular complexity index is 731. The van der Waals surface area contributed by atoms with Gasteiger partial charge in [-0.15, -0.1) is 0 Å². The number of carbonyl (C=O) groups is 2. The summed E-state index contributed by atoms with van der Waals surface area (Å²) in [7, 11) is 0. The van der Waals surface area contributed by atoms with Crippen molar-refractivity contribution in [2.24, 2.45) is 0 Å². The van der Waals surface area contributed by atoms with Crippen molar-refractivity contribution in [1.29, 1.82) is 0 Å². The second-order valence-corrected chi connectivity index (χ2v) is 5.35. The lowest BCUT2D eigenvalue weighted by atomic mass is 10.1. The van der Waals surface area contributed by atoms with Crippen LogP contribution in [0.3, 0.4) is 0 Å². The van der Waals surface area contributed by atoms with E-state index in [1.807, 2.05) is 30.3 Å². The van der Waals surface area contributed by atoms with Crippen LogP contribution < -0.4 is 10.6 Å². The molecule has 0 aliphatic heterocycles. The summed E-state index contributed by atoms with van der Waals surface area (Å²) in [6, 6.07) is 13.5. The molecule has 7 heteroatoms. The molecule has 0 bridgehead atoms. The van der Waals surface area contributed by atoms with Gasteiger partial charge in [-0.1, -0.05) is 36.4 Å². The molecule has 0 aliphatic carbocycles. The lowest BCUT2D eigenvalue weighted by molar-refractivity contribution is -0.137. The maximum atomic E-state index is 12.6. The third kappa shape index (κ3) is 5.95. The van der Waals surface area contributed by atoms with Crippen LogP contribution in [0.15, 0.2) is 54.6 Å². The number of hydrogen-bond donors (Lipinski definition) is 2. The Morgan fingerprint density at radius 2 is 1.64 bits per heavy atom. The van der Waals surface area contributed by atoms with E-state index in [0.29, 0.717) is 6.54 Å². The Morgan fingerprint density at radius 1 is 0.920 bits per heavy atom. The molecule has 2 rings (SSSR count). The average molecular weight is 350 g/mol. The third-order valence-corrected chi connectivity index (χ3v) is 3.42. The smallest absolute Gasteiger partial charge is 0.352 e. The Kier molecular flexibility index (Phi) is 6.16. The first-order valence-electron chi connectivity index (χ1n) is 7.62. The highest BCUT2D eigenvalue weighted by atomic mass is 19.4. The monoisotopic (exact) mass is 350 g/mol. The molecule has 25 heavy (non-hydrogen) atoms. The molecule has 0 saturated heterocycles. The van der Waals surface area contributed by atoms with Gasteiger partial charge in [-0.3, -0.25) is 9.59 Å². The van der Waals surface area contributed by atoms with E-state index >= 15 is 0 Å². The summed E-state index contributed by atoms with van der Waals surface area (Å²) in [6.07, 6.45) is -4.47. The van der Waals surface area contributed by atoms with Crippen LogP contribution in [0, 0.1) is 0 Å².